The number of aromatic hydroxyl groups is 1. The maximum absolute atomic E-state index is 9.84. The Morgan fingerprint density at radius 3 is 2.63 bits per heavy atom. The van der Waals surface area contributed by atoms with Gasteiger partial charge in [0.15, 0.2) is 0 Å². The van der Waals surface area contributed by atoms with E-state index < -0.39 is 6.10 Å². The lowest BCUT2D eigenvalue weighted by atomic mass is 10.1. The lowest BCUT2D eigenvalue weighted by Crippen LogP contribution is -2.43. The van der Waals surface area contributed by atoms with Crippen LogP contribution in [0.25, 0.3) is 0 Å². The van der Waals surface area contributed by atoms with E-state index in [9.17, 15) is 5.11 Å². The minimum atomic E-state index is -0.524. The fourth-order valence-electron chi connectivity index (χ4n) is 2.12. The number of ether oxygens (including phenoxy) is 1. The summed E-state index contributed by atoms with van der Waals surface area (Å²) in [5.74, 6) is 0.860. The summed E-state index contributed by atoms with van der Waals surface area (Å²) in [4.78, 5) is 0. The van der Waals surface area contributed by atoms with Crippen LogP contribution >= 0.6 is 0 Å². The van der Waals surface area contributed by atoms with Gasteiger partial charge in [0.25, 0.3) is 0 Å². The molecule has 0 amide bonds. The summed E-state index contributed by atoms with van der Waals surface area (Å²) < 4.78 is 5.45. The lowest BCUT2D eigenvalue weighted by molar-refractivity contribution is 0.102. The van der Waals surface area contributed by atoms with Crippen molar-refractivity contribution in [1.29, 1.82) is 0 Å². The van der Waals surface area contributed by atoms with Gasteiger partial charge in [0.2, 0.25) is 0 Å². The molecule has 1 fully saturated rings. The van der Waals surface area contributed by atoms with Gasteiger partial charge < -0.3 is 25.6 Å². The smallest absolute Gasteiger partial charge is 0.119 e. The molecule has 1 aliphatic heterocycles. The van der Waals surface area contributed by atoms with Crippen molar-refractivity contribution in [3.63, 3.8) is 0 Å². The highest BCUT2D eigenvalue weighted by molar-refractivity contribution is 5.30. The molecule has 1 aromatic carbocycles. The molecule has 0 aromatic heterocycles. The Labute approximate surface area is 113 Å². The molecule has 0 unspecified atom stereocenters. The van der Waals surface area contributed by atoms with Crippen molar-refractivity contribution in [2.45, 2.75) is 25.0 Å². The molecule has 19 heavy (non-hydrogen) atoms. The first kappa shape index (κ1) is 14.1. The number of rotatable bonds is 6. The molecule has 0 spiro atoms. The van der Waals surface area contributed by atoms with Crippen LogP contribution in [0.2, 0.25) is 0 Å². The van der Waals surface area contributed by atoms with Gasteiger partial charge in [0.1, 0.15) is 24.2 Å². The van der Waals surface area contributed by atoms with E-state index in [1.165, 1.54) is 0 Å². The summed E-state index contributed by atoms with van der Waals surface area (Å²) in [7, 11) is 0. The van der Waals surface area contributed by atoms with Crippen LogP contribution in [0.3, 0.4) is 0 Å². The number of nitrogens with one attached hydrogen (secondary N) is 2. The number of aliphatic hydroxyl groups is 1. The van der Waals surface area contributed by atoms with Crippen molar-refractivity contribution >= 4 is 0 Å². The van der Waals surface area contributed by atoms with Gasteiger partial charge in [0, 0.05) is 12.6 Å². The Hall–Kier alpha value is -1.30. The predicted octanol–water partition coefficient (Wildman–Crippen LogP) is 0.473. The summed E-state index contributed by atoms with van der Waals surface area (Å²) in [6.45, 7) is 2.88. The normalized spacial score (nSPS) is 18.2. The first-order valence-corrected chi connectivity index (χ1v) is 6.78. The Kier molecular flexibility index (Phi) is 5.44. The molecule has 1 atom stereocenters. The van der Waals surface area contributed by atoms with Gasteiger partial charge in [-0.25, -0.2) is 0 Å². The van der Waals surface area contributed by atoms with Crippen molar-refractivity contribution in [3.8, 4) is 11.5 Å². The largest absolute Gasteiger partial charge is 0.508 e. The SMILES string of the molecule is Oc1ccc(OC[C@@H](O)CNC2CCNCC2)cc1. The minimum Gasteiger partial charge on any atom is -0.508 e. The average Bonchev–Trinajstić information content (AvgIpc) is 2.45. The Bertz CT molecular complexity index is 363. The van der Waals surface area contributed by atoms with Crippen LogP contribution in [0.4, 0.5) is 0 Å². The van der Waals surface area contributed by atoms with E-state index in [0.717, 1.165) is 25.9 Å². The van der Waals surface area contributed by atoms with Crippen molar-refractivity contribution in [1.82, 2.24) is 10.6 Å². The average molecular weight is 266 g/mol. The highest BCUT2D eigenvalue weighted by Gasteiger charge is 2.14. The topological polar surface area (TPSA) is 73.8 Å². The molecule has 5 nitrogen and oxygen atoms in total. The van der Waals surface area contributed by atoms with E-state index >= 15 is 0 Å². The van der Waals surface area contributed by atoms with Crippen LogP contribution in [0, 0.1) is 0 Å². The summed E-state index contributed by atoms with van der Waals surface area (Å²) in [5.41, 5.74) is 0. The lowest BCUT2D eigenvalue weighted by Gasteiger charge is -2.25. The molecule has 2 rings (SSSR count). The maximum Gasteiger partial charge on any atom is 0.119 e. The first-order valence-electron chi connectivity index (χ1n) is 6.78. The van der Waals surface area contributed by atoms with Gasteiger partial charge in [-0.05, 0) is 50.2 Å². The van der Waals surface area contributed by atoms with Gasteiger partial charge in [-0.15, -0.1) is 0 Å². The number of piperidine rings is 1. The Morgan fingerprint density at radius 2 is 1.95 bits per heavy atom. The number of phenols is 1. The van der Waals surface area contributed by atoms with E-state index in [-0.39, 0.29) is 12.4 Å². The molecule has 106 valence electrons. The second kappa shape index (κ2) is 7.33. The van der Waals surface area contributed by atoms with E-state index in [1.807, 2.05) is 0 Å². The number of aliphatic hydroxyl groups excluding tert-OH is 1. The minimum absolute atomic E-state index is 0.209. The fourth-order valence-corrected chi connectivity index (χ4v) is 2.12. The maximum atomic E-state index is 9.84. The highest BCUT2D eigenvalue weighted by atomic mass is 16.5. The van der Waals surface area contributed by atoms with Crippen LogP contribution in [-0.2, 0) is 0 Å². The highest BCUT2D eigenvalue weighted by Crippen LogP contribution is 2.15. The predicted molar refractivity (Wildman–Crippen MR) is 73.5 cm³/mol. The van der Waals surface area contributed by atoms with Gasteiger partial charge in [0.05, 0.1) is 0 Å². The fraction of sp³-hybridized carbons (Fsp3) is 0.571. The first-order chi connectivity index (χ1) is 9.24. The molecule has 0 radical (unpaired) electrons. The van der Waals surface area contributed by atoms with E-state index in [2.05, 4.69) is 10.6 Å². The zero-order chi connectivity index (χ0) is 13.5. The third-order valence-corrected chi connectivity index (χ3v) is 3.26. The third-order valence-electron chi connectivity index (χ3n) is 3.26. The van der Waals surface area contributed by atoms with Crippen LogP contribution in [0.15, 0.2) is 24.3 Å². The molecule has 0 saturated carbocycles. The van der Waals surface area contributed by atoms with Gasteiger partial charge >= 0.3 is 0 Å². The van der Waals surface area contributed by atoms with Crippen molar-refractivity contribution < 1.29 is 14.9 Å². The zero-order valence-corrected chi connectivity index (χ0v) is 11.0. The third kappa shape index (κ3) is 5.06. The second-order valence-corrected chi connectivity index (χ2v) is 4.89. The molecule has 1 heterocycles. The standard InChI is InChI=1S/C14H22N2O3/c17-12-1-3-14(4-2-12)19-10-13(18)9-16-11-5-7-15-8-6-11/h1-4,11,13,15-18H,5-10H2/t13-/m0/s1. The van der Waals surface area contributed by atoms with Crippen molar-refractivity contribution in [2.24, 2.45) is 0 Å². The van der Waals surface area contributed by atoms with E-state index in [4.69, 9.17) is 9.84 Å². The van der Waals surface area contributed by atoms with E-state index in [0.29, 0.717) is 18.3 Å². The number of hydrogen-bond acceptors (Lipinski definition) is 5. The molecule has 0 bridgehead atoms. The quantitative estimate of drug-likeness (QED) is 0.602. The molecule has 0 aliphatic carbocycles. The number of benzene rings is 1. The van der Waals surface area contributed by atoms with Gasteiger partial charge in [-0.3, -0.25) is 0 Å². The monoisotopic (exact) mass is 266 g/mol. The second-order valence-electron chi connectivity index (χ2n) is 4.89. The molecule has 4 N–H and O–H groups in total. The van der Waals surface area contributed by atoms with Crippen LogP contribution in [0.1, 0.15) is 12.8 Å². The molecular weight excluding hydrogens is 244 g/mol. The van der Waals surface area contributed by atoms with Crippen LogP contribution < -0.4 is 15.4 Å². The molecule has 5 heteroatoms. The summed E-state index contributed by atoms with van der Waals surface area (Å²) >= 11 is 0. The van der Waals surface area contributed by atoms with Gasteiger partial charge in [-0.1, -0.05) is 0 Å². The zero-order valence-electron chi connectivity index (χ0n) is 11.0. The van der Waals surface area contributed by atoms with Crippen molar-refractivity contribution in [3.05, 3.63) is 24.3 Å². The Balaban J connectivity index is 1.63. The summed E-state index contributed by atoms with van der Waals surface area (Å²) in [5, 5.41) is 25.6. The molecule has 1 aliphatic rings. The van der Waals surface area contributed by atoms with Crippen molar-refractivity contribution in [2.75, 3.05) is 26.2 Å². The Morgan fingerprint density at radius 1 is 1.26 bits per heavy atom. The molecular formula is C14H22N2O3. The van der Waals surface area contributed by atoms with Gasteiger partial charge in [-0.2, -0.15) is 0 Å². The van der Waals surface area contributed by atoms with E-state index in [1.54, 1.807) is 24.3 Å². The summed E-state index contributed by atoms with van der Waals surface area (Å²) in [6.07, 6.45) is 1.68. The van der Waals surface area contributed by atoms with Crippen LogP contribution in [-0.4, -0.2) is 48.6 Å². The molecule has 1 saturated heterocycles. The number of phenolic OH excluding ortho intramolecular Hbond substituents is 1. The number of hydrogen-bond donors (Lipinski definition) is 4. The van der Waals surface area contributed by atoms with Crippen LogP contribution in [0.5, 0.6) is 11.5 Å². The molecule has 1 aromatic rings. The summed E-state index contributed by atoms with van der Waals surface area (Å²) in [6, 6.07) is 6.98.